The molecule has 1 aromatic carbocycles. The lowest BCUT2D eigenvalue weighted by molar-refractivity contribution is 0.106. The summed E-state index contributed by atoms with van der Waals surface area (Å²) in [7, 11) is 3.78. The van der Waals surface area contributed by atoms with Crippen LogP contribution in [-0.2, 0) is 11.2 Å². The van der Waals surface area contributed by atoms with Gasteiger partial charge in [0.1, 0.15) is 0 Å². The Kier molecular flexibility index (Phi) is 5.50. The molecule has 0 bridgehead atoms. The van der Waals surface area contributed by atoms with E-state index in [9.17, 15) is 0 Å². The molecule has 0 saturated heterocycles. The Morgan fingerprint density at radius 1 is 1.15 bits per heavy atom. The second kappa shape index (κ2) is 7.36. The van der Waals surface area contributed by atoms with Crippen LogP contribution < -0.4 is 5.32 Å². The third-order valence-corrected chi connectivity index (χ3v) is 3.84. The second-order valence-electron chi connectivity index (χ2n) is 5.31. The van der Waals surface area contributed by atoms with Crippen LogP contribution in [0.4, 0.5) is 0 Å². The van der Waals surface area contributed by atoms with Crippen LogP contribution in [0.25, 0.3) is 10.9 Å². The molecule has 3 heteroatoms. The number of methoxy groups -OCH3 is 1. The molecule has 1 heterocycles. The summed E-state index contributed by atoms with van der Waals surface area (Å²) in [6.07, 6.45) is 3.43. The van der Waals surface area contributed by atoms with E-state index in [0.717, 1.165) is 30.5 Å². The van der Waals surface area contributed by atoms with Crippen LogP contribution in [0.2, 0.25) is 0 Å². The van der Waals surface area contributed by atoms with Crippen molar-refractivity contribution in [3.8, 4) is 0 Å². The minimum absolute atomic E-state index is 0.315. The first-order chi connectivity index (χ1) is 9.72. The van der Waals surface area contributed by atoms with Gasteiger partial charge in [0.2, 0.25) is 0 Å². The van der Waals surface area contributed by atoms with Crippen molar-refractivity contribution in [1.29, 1.82) is 0 Å². The predicted octanol–water partition coefficient (Wildman–Crippen LogP) is 3.18. The summed E-state index contributed by atoms with van der Waals surface area (Å²) in [5, 5.41) is 4.58. The minimum Gasteiger partial charge on any atom is -0.382 e. The summed E-state index contributed by atoms with van der Waals surface area (Å²) >= 11 is 0. The number of hydrogen-bond acceptors (Lipinski definition) is 3. The van der Waals surface area contributed by atoms with Gasteiger partial charge in [-0.05, 0) is 38.9 Å². The van der Waals surface area contributed by atoms with Gasteiger partial charge in [0, 0.05) is 30.7 Å². The van der Waals surface area contributed by atoms with Crippen molar-refractivity contribution in [2.24, 2.45) is 0 Å². The van der Waals surface area contributed by atoms with Crippen LogP contribution in [-0.4, -0.2) is 31.3 Å². The van der Waals surface area contributed by atoms with Gasteiger partial charge < -0.3 is 10.1 Å². The van der Waals surface area contributed by atoms with Gasteiger partial charge in [-0.15, -0.1) is 0 Å². The van der Waals surface area contributed by atoms with Crippen molar-refractivity contribution in [2.75, 3.05) is 14.2 Å². The molecule has 0 aliphatic rings. The highest BCUT2D eigenvalue weighted by Crippen LogP contribution is 2.14. The van der Waals surface area contributed by atoms with Crippen molar-refractivity contribution in [3.63, 3.8) is 0 Å². The molecule has 0 aliphatic heterocycles. The summed E-state index contributed by atoms with van der Waals surface area (Å²) in [5.74, 6) is 0. The lowest BCUT2D eigenvalue weighted by Crippen LogP contribution is -2.29. The Hall–Kier alpha value is -1.45. The minimum atomic E-state index is 0.315. The summed E-state index contributed by atoms with van der Waals surface area (Å²) < 4.78 is 5.31. The molecule has 0 radical (unpaired) electrons. The van der Waals surface area contributed by atoms with Crippen LogP contribution in [0.15, 0.2) is 36.4 Å². The highest BCUT2D eigenvalue weighted by molar-refractivity contribution is 5.78. The van der Waals surface area contributed by atoms with Crippen molar-refractivity contribution in [1.82, 2.24) is 10.3 Å². The van der Waals surface area contributed by atoms with Crippen LogP contribution in [0.1, 0.15) is 25.5 Å². The van der Waals surface area contributed by atoms with E-state index in [4.69, 9.17) is 9.72 Å². The first-order valence-corrected chi connectivity index (χ1v) is 7.27. The van der Waals surface area contributed by atoms with E-state index < -0.39 is 0 Å². The van der Waals surface area contributed by atoms with Gasteiger partial charge in [-0.25, -0.2) is 0 Å². The average molecular weight is 272 g/mol. The number of ether oxygens (including phenoxy) is 1. The zero-order valence-electron chi connectivity index (χ0n) is 12.6. The number of rotatable bonds is 7. The van der Waals surface area contributed by atoms with Crippen LogP contribution in [0.5, 0.6) is 0 Å². The van der Waals surface area contributed by atoms with Gasteiger partial charge in [-0.1, -0.05) is 24.3 Å². The molecular formula is C17H24N2O. The van der Waals surface area contributed by atoms with E-state index in [0.29, 0.717) is 12.1 Å². The molecule has 0 saturated carbocycles. The Morgan fingerprint density at radius 2 is 1.95 bits per heavy atom. The molecule has 2 aromatic rings. The SMILES string of the molecule is CNC(CCC(C)OC)Cc1ccc2ccccc2n1. The van der Waals surface area contributed by atoms with Gasteiger partial charge in [-0.3, -0.25) is 4.98 Å². The van der Waals surface area contributed by atoms with Crippen LogP contribution in [0.3, 0.4) is 0 Å². The summed E-state index contributed by atoms with van der Waals surface area (Å²) in [4.78, 5) is 4.74. The zero-order chi connectivity index (χ0) is 14.4. The van der Waals surface area contributed by atoms with Crippen molar-refractivity contribution >= 4 is 10.9 Å². The highest BCUT2D eigenvalue weighted by atomic mass is 16.5. The zero-order valence-corrected chi connectivity index (χ0v) is 12.6. The molecule has 2 atom stereocenters. The largest absolute Gasteiger partial charge is 0.382 e. The topological polar surface area (TPSA) is 34.1 Å². The van der Waals surface area contributed by atoms with Crippen LogP contribution in [0, 0.1) is 0 Å². The molecule has 1 aromatic heterocycles. The van der Waals surface area contributed by atoms with Gasteiger partial charge in [0.15, 0.2) is 0 Å². The van der Waals surface area contributed by atoms with Crippen molar-refractivity contribution in [3.05, 3.63) is 42.1 Å². The number of fused-ring (bicyclic) bond motifs is 1. The van der Waals surface area contributed by atoms with E-state index in [2.05, 4.69) is 36.5 Å². The molecule has 0 fully saturated rings. The van der Waals surface area contributed by atoms with Crippen molar-refractivity contribution < 1.29 is 4.74 Å². The monoisotopic (exact) mass is 272 g/mol. The van der Waals surface area contributed by atoms with Crippen LogP contribution >= 0.6 is 0 Å². The number of pyridine rings is 1. The molecule has 0 spiro atoms. The fourth-order valence-corrected chi connectivity index (χ4v) is 2.38. The predicted molar refractivity (Wildman–Crippen MR) is 84.0 cm³/mol. The molecule has 2 rings (SSSR count). The number of aromatic nitrogens is 1. The van der Waals surface area contributed by atoms with E-state index in [-0.39, 0.29) is 0 Å². The molecule has 1 N–H and O–H groups in total. The first kappa shape index (κ1) is 14.9. The number of likely N-dealkylation sites (N-methyl/N-ethyl adjacent to an activating group) is 1. The number of hydrogen-bond donors (Lipinski definition) is 1. The first-order valence-electron chi connectivity index (χ1n) is 7.27. The van der Waals surface area contributed by atoms with E-state index in [1.807, 2.05) is 19.2 Å². The molecule has 3 nitrogen and oxygen atoms in total. The maximum absolute atomic E-state index is 5.31. The molecule has 0 aliphatic carbocycles. The van der Waals surface area contributed by atoms with Crippen molar-refractivity contribution in [2.45, 2.75) is 38.3 Å². The molecule has 108 valence electrons. The molecule has 0 amide bonds. The lowest BCUT2D eigenvalue weighted by Gasteiger charge is -2.18. The Labute approximate surface area is 121 Å². The average Bonchev–Trinajstić information content (AvgIpc) is 2.50. The van der Waals surface area contributed by atoms with Gasteiger partial charge in [0.05, 0.1) is 11.6 Å². The Balaban J connectivity index is 2.01. The molecule has 20 heavy (non-hydrogen) atoms. The maximum Gasteiger partial charge on any atom is 0.0705 e. The number of benzene rings is 1. The Morgan fingerprint density at radius 3 is 2.70 bits per heavy atom. The fourth-order valence-electron chi connectivity index (χ4n) is 2.38. The maximum atomic E-state index is 5.31. The summed E-state index contributed by atoms with van der Waals surface area (Å²) in [6, 6.07) is 13.0. The molecule has 2 unspecified atom stereocenters. The Bertz CT molecular complexity index is 541. The quantitative estimate of drug-likeness (QED) is 0.840. The number of para-hydroxylation sites is 1. The smallest absolute Gasteiger partial charge is 0.0705 e. The standard InChI is InChI=1S/C17H24N2O/c1-13(20-3)8-10-15(18-2)12-16-11-9-14-6-4-5-7-17(14)19-16/h4-7,9,11,13,15,18H,8,10,12H2,1-3H3. The summed E-state index contributed by atoms with van der Waals surface area (Å²) in [5.41, 5.74) is 2.22. The third-order valence-electron chi connectivity index (χ3n) is 3.84. The van der Waals surface area contributed by atoms with E-state index >= 15 is 0 Å². The third kappa shape index (κ3) is 4.02. The van der Waals surface area contributed by atoms with E-state index in [1.165, 1.54) is 5.39 Å². The fraction of sp³-hybridized carbons (Fsp3) is 0.471. The van der Waals surface area contributed by atoms with E-state index in [1.54, 1.807) is 7.11 Å². The number of nitrogens with one attached hydrogen (secondary N) is 1. The lowest BCUT2D eigenvalue weighted by atomic mass is 10.0. The summed E-state index contributed by atoms with van der Waals surface area (Å²) in [6.45, 7) is 2.11. The second-order valence-corrected chi connectivity index (χ2v) is 5.31. The van der Waals surface area contributed by atoms with Gasteiger partial charge >= 0.3 is 0 Å². The number of nitrogens with zero attached hydrogens (tertiary/aromatic N) is 1. The normalized spacial score (nSPS) is 14.3. The molecular weight excluding hydrogens is 248 g/mol. The van der Waals surface area contributed by atoms with Gasteiger partial charge in [-0.2, -0.15) is 0 Å². The van der Waals surface area contributed by atoms with Gasteiger partial charge in [0.25, 0.3) is 0 Å². The highest BCUT2D eigenvalue weighted by Gasteiger charge is 2.10.